The first-order chi connectivity index (χ1) is 13.3. The lowest BCUT2D eigenvalue weighted by Gasteiger charge is -1.98. The summed E-state index contributed by atoms with van der Waals surface area (Å²) in [4.78, 5) is 29.2. The molecule has 7 heteroatoms. The molecule has 0 bridgehead atoms. The zero-order valence-electron chi connectivity index (χ0n) is 14.6. The Morgan fingerprint density at radius 1 is 0.464 bits per heavy atom. The Morgan fingerprint density at radius 3 is 0.929 bits per heavy atom. The number of aromatic carboxylic acids is 2. The molecule has 0 saturated heterocycles. The summed E-state index contributed by atoms with van der Waals surface area (Å²) in [7, 11) is 0. The average molecular weight is 382 g/mol. The Bertz CT molecular complexity index is 815. The van der Waals surface area contributed by atoms with Gasteiger partial charge in [0.25, 0.3) is 0 Å². The van der Waals surface area contributed by atoms with Crippen molar-refractivity contribution in [3.63, 3.8) is 0 Å². The second-order valence-corrected chi connectivity index (χ2v) is 5.20. The van der Waals surface area contributed by atoms with Gasteiger partial charge >= 0.3 is 18.1 Å². The fourth-order valence-electron chi connectivity index (χ4n) is 2.02. The minimum Gasteiger partial charge on any atom is -0.478 e. The molecule has 0 fully saturated rings. The molecule has 0 aliphatic heterocycles. The molecule has 0 spiro atoms. The van der Waals surface area contributed by atoms with Crippen molar-refractivity contribution in [1.29, 1.82) is 0 Å². The topological polar surface area (TPSA) is 132 Å². The summed E-state index contributed by atoms with van der Waals surface area (Å²) in [6, 6.07) is 25.8. The highest BCUT2D eigenvalue weighted by molar-refractivity contribution is 5.91. The van der Waals surface area contributed by atoms with Crippen LogP contribution < -0.4 is 0 Å². The van der Waals surface area contributed by atoms with Crippen LogP contribution >= 0.6 is 0 Å². The molecule has 0 atom stereocenters. The normalized spacial score (nSPS) is 9.00. The van der Waals surface area contributed by atoms with E-state index in [4.69, 9.17) is 25.2 Å². The highest BCUT2D eigenvalue weighted by atomic mass is 16.6. The smallest absolute Gasteiger partial charge is 0.478 e. The van der Waals surface area contributed by atoms with E-state index >= 15 is 0 Å². The lowest BCUT2D eigenvalue weighted by Crippen LogP contribution is -1.99. The van der Waals surface area contributed by atoms with E-state index < -0.39 is 18.1 Å². The number of carboxylic acid groups (broad SMARTS) is 4. The van der Waals surface area contributed by atoms with Crippen LogP contribution in [-0.2, 0) is 0 Å². The molecule has 0 aliphatic rings. The fraction of sp³-hybridized carbons (Fsp3) is 0. The highest BCUT2D eigenvalue weighted by Gasteiger charge is 2.04. The van der Waals surface area contributed by atoms with Crippen LogP contribution in [0.4, 0.5) is 4.79 Å². The van der Waals surface area contributed by atoms with Gasteiger partial charge in [-0.2, -0.15) is 0 Å². The van der Waals surface area contributed by atoms with Crippen molar-refractivity contribution in [2.45, 2.75) is 0 Å². The third-order valence-electron chi connectivity index (χ3n) is 3.26. The van der Waals surface area contributed by atoms with Gasteiger partial charge in [-0.05, 0) is 35.4 Å². The van der Waals surface area contributed by atoms with Gasteiger partial charge in [-0.3, -0.25) is 0 Å². The molecule has 0 unspecified atom stereocenters. The van der Waals surface area contributed by atoms with E-state index in [2.05, 4.69) is 48.5 Å². The molecule has 0 aromatic heterocycles. The first kappa shape index (κ1) is 21.9. The second-order valence-electron chi connectivity index (χ2n) is 5.20. The van der Waals surface area contributed by atoms with Gasteiger partial charge in [-0.1, -0.05) is 60.7 Å². The summed E-state index contributed by atoms with van der Waals surface area (Å²) in [6.45, 7) is 0. The van der Waals surface area contributed by atoms with Gasteiger partial charge in [0.05, 0.1) is 11.1 Å². The first-order valence-electron chi connectivity index (χ1n) is 7.90. The Morgan fingerprint density at radius 2 is 0.714 bits per heavy atom. The van der Waals surface area contributed by atoms with Crippen molar-refractivity contribution in [2.75, 3.05) is 0 Å². The number of hydrogen-bond donors (Lipinski definition) is 4. The van der Waals surface area contributed by atoms with Gasteiger partial charge in [0.1, 0.15) is 0 Å². The molecule has 0 aliphatic carbocycles. The molecule has 28 heavy (non-hydrogen) atoms. The minimum atomic E-state index is -1.83. The van der Waals surface area contributed by atoms with Crippen LogP contribution in [0, 0.1) is 0 Å². The molecule has 3 aromatic rings. The van der Waals surface area contributed by atoms with Gasteiger partial charge in [-0.25, -0.2) is 14.4 Å². The van der Waals surface area contributed by atoms with Crippen LogP contribution in [0.3, 0.4) is 0 Å². The molecule has 4 N–H and O–H groups in total. The van der Waals surface area contributed by atoms with E-state index in [-0.39, 0.29) is 11.1 Å². The minimum absolute atomic E-state index is 0.0833. The van der Waals surface area contributed by atoms with Crippen LogP contribution in [-0.4, -0.2) is 38.5 Å². The third kappa shape index (κ3) is 8.30. The SMILES string of the molecule is O=C(O)O.O=C(O)c1ccc(C(=O)O)cc1.c1ccc(-c2ccccc2)cc1. The number of carboxylic acids is 2. The zero-order valence-corrected chi connectivity index (χ0v) is 14.6. The van der Waals surface area contributed by atoms with Crippen molar-refractivity contribution < 1.29 is 34.8 Å². The van der Waals surface area contributed by atoms with Crippen molar-refractivity contribution in [2.24, 2.45) is 0 Å². The summed E-state index contributed by atoms with van der Waals surface area (Å²) in [5, 5.41) is 30.9. The third-order valence-corrected chi connectivity index (χ3v) is 3.26. The molecule has 3 aromatic carbocycles. The van der Waals surface area contributed by atoms with Crippen molar-refractivity contribution in [3.8, 4) is 11.1 Å². The number of hydrogen-bond acceptors (Lipinski definition) is 3. The maximum absolute atomic E-state index is 10.3. The molecular weight excluding hydrogens is 364 g/mol. The van der Waals surface area contributed by atoms with Gasteiger partial charge in [0, 0.05) is 0 Å². The Labute approximate surface area is 160 Å². The zero-order chi connectivity index (χ0) is 20.9. The molecule has 3 rings (SSSR count). The van der Waals surface area contributed by atoms with E-state index in [1.807, 2.05) is 12.1 Å². The lowest BCUT2D eigenvalue weighted by molar-refractivity contribution is 0.0681. The highest BCUT2D eigenvalue weighted by Crippen LogP contribution is 2.17. The first-order valence-corrected chi connectivity index (χ1v) is 7.90. The van der Waals surface area contributed by atoms with E-state index in [1.165, 1.54) is 35.4 Å². The van der Waals surface area contributed by atoms with Gasteiger partial charge < -0.3 is 20.4 Å². The maximum atomic E-state index is 10.3. The molecule has 0 heterocycles. The summed E-state index contributed by atoms with van der Waals surface area (Å²) in [6.07, 6.45) is -1.83. The monoisotopic (exact) mass is 382 g/mol. The lowest BCUT2D eigenvalue weighted by atomic mass is 10.1. The number of carbonyl (C=O) groups is 3. The number of rotatable bonds is 3. The van der Waals surface area contributed by atoms with E-state index in [1.54, 1.807) is 0 Å². The summed E-state index contributed by atoms with van der Waals surface area (Å²) in [5.41, 5.74) is 2.72. The molecule has 7 nitrogen and oxygen atoms in total. The Hall–Kier alpha value is -4.13. The number of benzene rings is 3. The predicted molar refractivity (Wildman–Crippen MR) is 103 cm³/mol. The Kier molecular flexibility index (Phi) is 8.98. The molecular formula is C21H18O7. The van der Waals surface area contributed by atoms with Crippen LogP contribution in [0.2, 0.25) is 0 Å². The molecule has 144 valence electrons. The predicted octanol–water partition coefficient (Wildman–Crippen LogP) is 4.66. The molecule has 0 saturated carbocycles. The van der Waals surface area contributed by atoms with Crippen molar-refractivity contribution >= 4 is 18.1 Å². The summed E-state index contributed by atoms with van der Waals surface area (Å²) < 4.78 is 0. The van der Waals surface area contributed by atoms with Gasteiger partial charge in [0.15, 0.2) is 0 Å². The van der Waals surface area contributed by atoms with Crippen LogP contribution in [0.25, 0.3) is 11.1 Å². The van der Waals surface area contributed by atoms with Crippen molar-refractivity contribution in [1.82, 2.24) is 0 Å². The standard InChI is InChI=1S/C12H10.C8H6O4.CH2O3/c1-3-7-11(8-4-1)12-9-5-2-6-10-12;9-7(10)5-1-2-6(4-3-5)8(11)12;2-1(3)4/h1-10H;1-4H,(H,9,10)(H,11,12);(H2,2,3,4). The van der Waals surface area contributed by atoms with E-state index in [0.717, 1.165) is 0 Å². The quantitative estimate of drug-likeness (QED) is 0.518. The molecule has 0 radical (unpaired) electrons. The Balaban J connectivity index is 0.000000236. The fourth-order valence-corrected chi connectivity index (χ4v) is 2.02. The second kappa shape index (κ2) is 11.5. The van der Waals surface area contributed by atoms with Crippen LogP contribution in [0.5, 0.6) is 0 Å². The van der Waals surface area contributed by atoms with Crippen LogP contribution in [0.15, 0.2) is 84.9 Å². The van der Waals surface area contributed by atoms with Crippen LogP contribution in [0.1, 0.15) is 20.7 Å². The largest absolute Gasteiger partial charge is 0.503 e. The van der Waals surface area contributed by atoms with Gasteiger partial charge in [0.2, 0.25) is 0 Å². The van der Waals surface area contributed by atoms with E-state index in [9.17, 15) is 9.59 Å². The molecule has 0 amide bonds. The summed E-state index contributed by atoms with van der Waals surface area (Å²) >= 11 is 0. The van der Waals surface area contributed by atoms with Gasteiger partial charge in [-0.15, -0.1) is 0 Å². The van der Waals surface area contributed by atoms with Crippen molar-refractivity contribution in [3.05, 3.63) is 96.1 Å². The summed E-state index contributed by atoms with van der Waals surface area (Å²) in [5.74, 6) is -2.13. The average Bonchev–Trinajstić information content (AvgIpc) is 2.69. The van der Waals surface area contributed by atoms with E-state index in [0.29, 0.717) is 0 Å². The maximum Gasteiger partial charge on any atom is 0.503 e.